The molecule has 0 saturated heterocycles. The predicted octanol–water partition coefficient (Wildman–Crippen LogP) is 8.95. The fourth-order valence-corrected chi connectivity index (χ4v) is 9.23. The number of carbonyl (C=O) groups is 5. The van der Waals surface area contributed by atoms with Crippen LogP contribution < -0.4 is 10.6 Å². The summed E-state index contributed by atoms with van der Waals surface area (Å²) < 4.78 is 0. The number of benzene rings is 3. The zero-order valence-electron chi connectivity index (χ0n) is 34.9. The molecule has 4 aromatic rings. The summed E-state index contributed by atoms with van der Waals surface area (Å²) in [4.78, 5) is 68.5. The average Bonchev–Trinajstić information content (AvgIpc) is 3.58. The Balaban J connectivity index is 1.24. The molecule has 1 aliphatic rings. The van der Waals surface area contributed by atoms with Gasteiger partial charge in [0, 0.05) is 48.9 Å². The SMILES string of the molecule is CCC(CC)N(CCCN(C)C(=O)C(C)(C)CC(=O)O)Cc1cccc(C(=O)Nc2sc3c(c2C(=O)Nc2ccc(CCc4ccc(C(=O)O)cc4)cc2)CCCC3)c1. The third-order valence-corrected chi connectivity index (χ3v) is 12.4. The number of aryl methyl sites for hydroxylation is 3. The summed E-state index contributed by atoms with van der Waals surface area (Å²) in [5, 5.41) is 25.2. The molecule has 3 aromatic carbocycles. The van der Waals surface area contributed by atoms with Gasteiger partial charge in [0.05, 0.1) is 23.0 Å². The number of nitrogens with one attached hydrogen (secondary N) is 2. The van der Waals surface area contributed by atoms with Crippen LogP contribution in [-0.4, -0.2) is 75.9 Å². The highest BCUT2D eigenvalue weighted by molar-refractivity contribution is 7.17. The Hall–Kier alpha value is -5.33. The van der Waals surface area contributed by atoms with Crippen molar-refractivity contribution in [2.75, 3.05) is 30.8 Å². The molecule has 5 rings (SSSR count). The number of carboxylic acids is 2. The maximum Gasteiger partial charge on any atom is 0.335 e. The number of aromatic carboxylic acids is 1. The van der Waals surface area contributed by atoms with Crippen LogP contribution in [0.2, 0.25) is 0 Å². The first-order chi connectivity index (χ1) is 28.2. The number of carbonyl (C=O) groups excluding carboxylic acids is 3. The lowest BCUT2D eigenvalue weighted by atomic mass is 9.87. The van der Waals surface area contributed by atoms with Gasteiger partial charge in [-0.05, 0) is 116 Å². The molecule has 0 unspecified atom stereocenters. The quantitative estimate of drug-likeness (QED) is 0.0689. The van der Waals surface area contributed by atoms with Gasteiger partial charge in [-0.25, -0.2) is 4.79 Å². The van der Waals surface area contributed by atoms with E-state index in [-0.39, 0.29) is 29.7 Å². The van der Waals surface area contributed by atoms with Crippen LogP contribution in [0.1, 0.15) is 124 Å². The number of amides is 3. The van der Waals surface area contributed by atoms with E-state index >= 15 is 0 Å². The summed E-state index contributed by atoms with van der Waals surface area (Å²) in [6.45, 7) is 9.50. The first-order valence-corrected chi connectivity index (χ1v) is 21.5. The van der Waals surface area contributed by atoms with Gasteiger partial charge in [0.25, 0.3) is 11.8 Å². The summed E-state index contributed by atoms with van der Waals surface area (Å²) in [5.41, 5.74) is 5.10. The van der Waals surface area contributed by atoms with Crippen molar-refractivity contribution in [1.29, 1.82) is 0 Å². The largest absolute Gasteiger partial charge is 0.481 e. The van der Waals surface area contributed by atoms with Crippen LogP contribution >= 0.6 is 11.3 Å². The first kappa shape index (κ1) is 44.8. The standard InChI is InChI=1S/C47H58N4O7S/c1-6-37(7-2)51(27-11-26-50(5)46(58)47(3,4)29-40(52)53)30-33-12-10-13-35(28-33)42(54)49-44-41(38-14-8-9-15-39(38)59-44)43(55)48-36-24-20-32(21-25-36)17-16-31-18-22-34(23-19-31)45(56)57/h10,12-13,18-25,28,37H,6-9,11,14-17,26-27,29-30H2,1-5H3,(H,48,55)(H,49,54)(H,52,53)(H,56,57). The molecule has 0 radical (unpaired) electrons. The van der Waals surface area contributed by atoms with Gasteiger partial charge in [-0.3, -0.25) is 24.1 Å². The summed E-state index contributed by atoms with van der Waals surface area (Å²) in [6.07, 6.45) is 7.58. The van der Waals surface area contributed by atoms with Crippen LogP contribution in [0.4, 0.5) is 10.7 Å². The highest BCUT2D eigenvalue weighted by Gasteiger charge is 2.33. The van der Waals surface area contributed by atoms with E-state index in [2.05, 4.69) is 29.4 Å². The number of carboxylic acid groups (broad SMARTS) is 2. The Morgan fingerprint density at radius 3 is 2.05 bits per heavy atom. The minimum Gasteiger partial charge on any atom is -0.481 e. The van der Waals surface area contributed by atoms with Crippen LogP contribution in [0.25, 0.3) is 0 Å². The number of anilines is 2. The van der Waals surface area contributed by atoms with Crippen LogP contribution in [0.3, 0.4) is 0 Å². The van der Waals surface area contributed by atoms with E-state index in [1.807, 2.05) is 54.6 Å². The van der Waals surface area contributed by atoms with E-state index in [9.17, 15) is 29.1 Å². The number of aliphatic carboxylic acids is 1. The molecule has 59 heavy (non-hydrogen) atoms. The molecule has 12 heteroatoms. The van der Waals surface area contributed by atoms with Crippen molar-refractivity contribution in [1.82, 2.24) is 9.80 Å². The second-order valence-corrected chi connectivity index (χ2v) is 17.3. The monoisotopic (exact) mass is 822 g/mol. The number of nitrogens with zero attached hydrogens (tertiary/aromatic N) is 2. The molecule has 11 nitrogen and oxygen atoms in total. The second kappa shape index (κ2) is 20.6. The molecular formula is C47H58N4O7S. The normalized spacial score (nSPS) is 12.6. The molecule has 0 saturated carbocycles. The van der Waals surface area contributed by atoms with Gasteiger partial charge in [0.2, 0.25) is 5.91 Å². The van der Waals surface area contributed by atoms with Crippen molar-refractivity contribution >= 4 is 51.7 Å². The lowest BCUT2D eigenvalue weighted by molar-refractivity contribution is -0.148. The van der Waals surface area contributed by atoms with E-state index in [0.717, 1.165) is 85.0 Å². The molecule has 3 amide bonds. The van der Waals surface area contributed by atoms with Crippen LogP contribution in [0, 0.1) is 5.41 Å². The summed E-state index contributed by atoms with van der Waals surface area (Å²) in [5.74, 6) is -2.66. The first-order valence-electron chi connectivity index (χ1n) is 20.7. The topological polar surface area (TPSA) is 156 Å². The van der Waals surface area contributed by atoms with Gasteiger partial charge >= 0.3 is 11.9 Å². The number of fused-ring (bicyclic) bond motifs is 1. The summed E-state index contributed by atoms with van der Waals surface area (Å²) in [6, 6.07) is 22.5. The van der Waals surface area contributed by atoms with E-state index < -0.39 is 17.4 Å². The lowest BCUT2D eigenvalue weighted by Gasteiger charge is -2.32. The third-order valence-electron chi connectivity index (χ3n) is 11.2. The molecule has 4 N–H and O–H groups in total. The molecule has 0 spiro atoms. The van der Waals surface area contributed by atoms with Gasteiger partial charge in [-0.2, -0.15) is 0 Å². The summed E-state index contributed by atoms with van der Waals surface area (Å²) >= 11 is 1.48. The van der Waals surface area contributed by atoms with Gasteiger partial charge < -0.3 is 25.7 Å². The van der Waals surface area contributed by atoms with Crippen molar-refractivity contribution in [3.8, 4) is 0 Å². The molecule has 0 fully saturated rings. The van der Waals surface area contributed by atoms with Gasteiger partial charge in [0.15, 0.2) is 0 Å². The lowest BCUT2D eigenvalue weighted by Crippen LogP contribution is -2.41. The Morgan fingerprint density at radius 1 is 0.780 bits per heavy atom. The van der Waals surface area contributed by atoms with Gasteiger partial charge in [-0.1, -0.05) is 64.1 Å². The number of rotatable bonds is 20. The fourth-order valence-electron chi connectivity index (χ4n) is 7.94. The zero-order chi connectivity index (χ0) is 42.7. The Kier molecular flexibility index (Phi) is 15.6. The van der Waals surface area contributed by atoms with Crippen molar-refractivity contribution < 1.29 is 34.2 Å². The summed E-state index contributed by atoms with van der Waals surface area (Å²) in [7, 11) is 1.73. The van der Waals surface area contributed by atoms with Crippen LogP contribution in [0.5, 0.6) is 0 Å². The minimum atomic E-state index is -0.996. The molecule has 0 atom stereocenters. The van der Waals surface area contributed by atoms with Crippen molar-refractivity contribution in [2.45, 2.75) is 104 Å². The second-order valence-electron chi connectivity index (χ2n) is 16.2. The Labute approximate surface area is 351 Å². The fraction of sp³-hybridized carbons (Fsp3) is 0.426. The molecule has 1 aromatic heterocycles. The third kappa shape index (κ3) is 12.1. The van der Waals surface area contributed by atoms with Gasteiger partial charge in [-0.15, -0.1) is 11.3 Å². The van der Waals surface area contributed by atoms with Crippen molar-refractivity contribution in [2.24, 2.45) is 5.41 Å². The number of thiophene rings is 1. The zero-order valence-corrected chi connectivity index (χ0v) is 35.8. The molecule has 0 bridgehead atoms. The van der Waals surface area contributed by atoms with E-state index in [1.54, 1.807) is 44.0 Å². The van der Waals surface area contributed by atoms with Crippen LogP contribution in [0.15, 0.2) is 72.8 Å². The average molecular weight is 823 g/mol. The number of hydrogen-bond acceptors (Lipinski definition) is 7. The Morgan fingerprint density at radius 2 is 1.42 bits per heavy atom. The maximum absolute atomic E-state index is 14.0. The van der Waals surface area contributed by atoms with E-state index in [4.69, 9.17) is 5.11 Å². The van der Waals surface area contributed by atoms with Crippen molar-refractivity contribution in [3.63, 3.8) is 0 Å². The molecular weight excluding hydrogens is 765 g/mol. The molecule has 314 valence electrons. The Bertz CT molecular complexity index is 2110. The van der Waals surface area contributed by atoms with Gasteiger partial charge in [0.1, 0.15) is 5.00 Å². The van der Waals surface area contributed by atoms with Crippen LogP contribution in [-0.2, 0) is 41.8 Å². The highest BCUT2D eigenvalue weighted by Crippen LogP contribution is 2.39. The minimum absolute atomic E-state index is 0.189. The highest BCUT2D eigenvalue weighted by atomic mass is 32.1. The predicted molar refractivity (Wildman–Crippen MR) is 234 cm³/mol. The molecule has 1 heterocycles. The smallest absolute Gasteiger partial charge is 0.335 e. The molecule has 1 aliphatic carbocycles. The van der Waals surface area contributed by atoms with Crippen molar-refractivity contribution in [3.05, 3.63) is 117 Å². The number of hydrogen-bond donors (Lipinski definition) is 4. The van der Waals surface area contributed by atoms with E-state index in [1.165, 1.54) is 11.3 Å². The van der Waals surface area contributed by atoms with E-state index in [0.29, 0.717) is 47.4 Å². The maximum atomic E-state index is 14.0. The molecule has 0 aliphatic heterocycles.